The van der Waals surface area contributed by atoms with E-state index in [1.54, 1.807) is 24.5 Å². The lowest BCUT2D eigenvalue weighted by Crippen LogP contribution is -2.46. The molecule has 1 fully saturated rings. The summed E-state index contributed by atoms with van der Waals surface area (Å²) in [6.07, 6.45) is 6.63. The predicted octanol–water partition coefficient (Wildman–Crippen LogP) is 2.59. The van der Waals surface area contributed by atoms with Gasteiger partial charge in [0.1, 0.15) is 0 Å². The van der Waals surface area contributed by atoms with E-state index in [0.717, 1.165) is 42.9 Å². The second-order valence-corrected chi connectivity index (χ2v) is 5.99. The van der Waals surface area contributed by atoms with Crippen LogP contribution in [-0.4, -0.2) is 38.2 Å². The van der Waals surface area contributed by atoms with Gasteiger partial charge in [0.2, 0.25) is 0 Å². The van der Waals surface area contributed by atoms with Gasteiger partial charge in [0.05, 0.1) is 18.3 Å². The van der Waals surface area contributed by atoms with Crippen molar-refractivity contribution in [3.8, 4) is 0 Å². The van der Waals surface area contributed by atoms with Crippen molar-refractivity contribution in [3.63, 3.8) is 0 Å². The molecule has 0 saturated carbocycles. The average molecular weight is 298 g/mol. The van der Waals surface area contributed by atoms with E-state index in [1.165, 1.54) is 6.42 Å². The molecule has 0 radical (unpaired) electrons. The van der Waals surface area contributed by atoms with Crippen LogP contribution < -0.4 is 0 Å². The summed E-state index contributed by atoms with van der Waals surface area (Å²) in [4.78, 5) is 18.8. The van der Waals surface area contributed by atoms with Crippen LogP contribution in [0.4, 0.5) is 0 Å². The zero-order valence-electron chi connectivity index (χ0n) is 13.2. The molecule has 5 nitrogen and oxygen atoms in total. The third-order valence-electron chi connectivity index (χ3n) is 4.30. The third kappa shape index (κ3) is 3.03. The molecule has 1 amide bonds. The predicted molar refractivity (Wildman–Crippen MR) is 84.6 cm³/mol. The Morgan fingerprint density at radius 3 is 2.73 bits per heavy atom. The maximum atomic E-state index is 12.8. The Morgan fingerprint density at radius 1 is 1.27 bits per heavy atom. The van der Waals surface area contributed by atoms with Crippen LogP contribution >= 0.6 is 0 Å². The van der Waals surface area contributed by atoms with E-state index in [9.17, 15) is 4.79 Å². The summed E-state index contributed by atoms with van der Waals surface area (Å²) in [5, 5.41) is 4.54. The van der Waals surface area contributed by atoms with E-state index in [0.29, 0.717) is 0 Å². The number of aromatic nitrogens is 3. The number of pyridine rings is 1. The second kappa shape index (κ2) is 6.30. The lowest BCUT2D eigenvalue weighted by Gasteiger charge is -2.36. The van der Waals surface area contributed by atoms with Crippen molar-refractivity contribution in [2.24, 2.45) is 0 Å². The first-order chi connectivity index (χ1) is 10.6. The highest BCUT2D eigenvalue weighted by molar-refractivity contribution is 5.94. The van der Waals surface area contributed by atoms with Crippen LogP contribution in [0.3, 0.4) is 0 Å². The van der Waals surface area contributed by atoms with Gasteiger partial charge in [0.15, 0.2) is 0 Å². The van der Waals surface area contributed by atoms with Gasteiger partial charge < -0.3 is 4.90 Å². The highest BCUT2D eigenvalue weighted by Crippen LogP contribution is 2.21. The number of amides is 1. The minimum absolute atomic E-state index is 0.105. The number of aryl methyl sites for hydroxylation is 2. The minimum Gasteiger partial charge on any atom is -0.334 e. The number of hydrogen-bond donors (Lipinski definition) is 0. The van der Waals surface area contributed by atoms with Crippen LogP contribution in [0.2, 0.25) is 0 Å². The Morgan fingerprint density at radius 2 is 2.05 bits per heavy atom. The van der Waals surface area contributed by atoms with Gasteiger partial charge in [0.25, 0.3) is 5.91 Å². The summed E-state index contributed by atoms with van der Waals surface area (Å²) in [5.41, 5.74) is 2.90. The van der Waals surface area contributed by atoms with Crippen LogP contribution in [0.15, 0.2) is 30.6 Å². The molecule has 2 aromatic rings. The Bertz CT molecular complexity index is 650. The van der Waals surface area contributed by atoms with Gasteiger partial charge in [-0.3, -0.25) is 14.5 Å². The Balaban J connectivity index is 1.79. The largest absolute Gasteiger partial charge is 0.334 e. The lowest BCUT2D eigenvalue weighted by atomic mass is 10.0. The minimum atomic E-state index is 0.105. The molecule has 0 unspecified atom stereocenters. The molecular formula is C17H22N4O. The van der Waals surface area contributed by atoms with Gasteiger partial charge in [-0.1, -0.05) is 0 Å². The molecule has 1 saturated heterocycles. The molecule has 22 heavy (non-hydrogen) atoms. The molecule has 1 aliphatic rings. The Labute approximate surface area is 131 Å². The highest BCUT2D eigenvalue weighted by Gasteiger charge is 2.28. The summed E-state index contributed by atoms with van der Waals surface area (Å²) in [6, 6.07) is 5.87. The SMILES string of the molecule is Cc1cc(C)n(C[C@H]2CCCCN2C(=O)c2ccncc2)n1. The number of rotatable bonds is 3. The molecule has 0 spiro atoms. The molecule has 0 aromatic carbocycles. The van der Waals surface area contributed by atoms with Gasteiger partial charge in [0, 0.05) is 30.2 Å². The Kier molecular flexibility index (Phi) is 4.22. The maximum Gasteiger partial charge on any atom is 0.254 e. The van der Waals surface area contributed by atoms with E-state index in [2.05, 4.69) is 23.1 Å². The summed E-state index contributed by atoms with van der Waals surface area (Å²) in [5.74, 6) is 0.105. The molecule has 0 aliphatic carbocycles. The Hall–Kier alpha value is -2.17. The maximum absolute atomic E-state index is 12.8. The fourth-order valence-corrected chi connectivity index (χ4v) is 3.18. The van der Waals surface area contributed by atoms with E-state index in [1.807, 2.05) is 16.5 Å². The molecule has 3 rings (SSSR count). The van der Waals surface area contributed by atoms with Crippen LogP contribution in [0, 0.1) is 13.8 Å². The van der Waals surface area contributed by atoms with Gasteiger partial charge in [-0.05, 0) is 51.3 Å². The van der Waals surface area contributed by atoms with Gasteiger partial charge >= 0.3 is 0 Å². The number of likely N-dealkylation sites (tertiary alicyclic amines) is 1. The molecule has 3 heterocycles. The zero-order valence-corrected chi connectivity index (χ0v) is 13.2. The number of hydrogen-bond acceptors (Lipinski definition) is 3. The number of carbonyl (C=O) groups is 1. The first-order valence-corrected chi connectivity index (χ1v) is 7.87. The first kappa shape index (κ1) is 14.8. The molecule has 0 bridgehead atoms. The summed E-state index contributed by atoms with van der Waals surface area (Å²) in [6.45, 7) is 5.67. The van der Waals surface area contributed by atoms with E-state index >= 15 is 0 Å². The quantitative estimate of drug-likeness (QED) is 0.875. The van der Waals surface area contributed by atoms with E-state index in [-0.39, 0.29) is 11.9 Å². The molecule has 2 aromatic heterocycles. The zero-order chi connectivity index (χ0) is 15.5. The fourth-order valence-electron chi connectivity index (χ4n) is 3.18. The van der Waals surface area contributed by atoms with Crippen molar-refractivity contribution in [1.29, 1.82) is 0 Å². The smallest absolute Gasteiger partial charge is 0.254 e. The van der Waals surface area contributed by atoms with Crippen molar-refractivity contribution in [2.45, 2.75) is 45.7 Å². The summed E-state index contributed by atoms with van der Waals surface area (Å²) < 4.78 is 2.03. The van der Waals surface area contributed by atoms with Gasteiger partial charge in [-0.2, -0.15) is 5.10 Å². The fraction of sp³-hybridized carbons (Fsp3) is 0.471. The molecule has 5 heteroatoms. The average Bonchev–Trinajstić information content (AvgIpc) is 2.86. The molecular weight excluding hydrogens is 276 g/mol. The van der Waals surface area contributed by atoms with Crippen molar-refractivity contribution in [1.82, 2.24) is 19.7 Å². The molecule has 1 atom stereocenters. The van der Waals surface area contributed by atoms with Crippen molar-refractivity contribution >= 4 is 5.91 Å². The van der Waals surface area contributed by atoms with E-state index < -0.39 is 0 Å². The van der Waals surface area contributed by atoms with Crippen LogP contribution in [0.25, 0.3) is 0 Å². The highest BCUT2D eigenvalue weighted by atomic mass is 16.2. The first-order valence-electron chi connectivity index (χ1n) is 7.87. The second-order valence-electron chi connectivity index (χ2n) is 5.99. The van der Waals surface area contributed by atoms with Crippen molar-refractivity contribution in [2.75, 3.05) is 6.54 Å². The topological polar surface area (TPSA) is 51.0 Å². The molecule has 0 N–H and O–H groups in total. The van der Waals surface area contributed by atoms with E-state index in [4.69, 9.17) is 0 Å². The number of nitrogens with zero attached hydrogens (tertiary/aromatic N) is 4. The van der Waals surface area contributed by atoms with Crippen LogP contribution in [-0.2, 0) is 6.54 Å². The standard InChI is InChI=1S/C17H22N4O/c1-13-11-14(2)21(19-13)12-16-5-3-4-10-20(16)17(22)15-6-8-18-9-7-15/h6-9,11,16H,3-5,10,12H2,1-2H3/t16-/m1/s1. The summed E-state index contributed by atoms with van der Waals surface area (Å²) >= 11 is 0. The van der Waals surface area contributed by atoms with Crippen molar-refractivity contribution in [3.05, 3.63) is 47.5 Å². The van der Waals surface area contributed by atoms with Crippen molar-refractivity contribution < 1.29 is 4.79 Å². The number of carbonyl (C=O) groups excluding carboxylic acids is 1. The van der Waals surface area contributed by atoms with Crippen LogP contribution in [0.1, 0.15) is 41.0 Å². The van der Waals surface area contributed by atoms with Gasteiger partial charge in [-0.15, -0.1) is 0 Å². The molecule has 1 aliphatic heterocycles. The third-order valence-corrected chi connectivity index (χ3v) is 4.30. The van der Waals surface area contributed by atoms with Gasteiger partial charge in [-0.25, -0.2) is 0 Å². The lowest BCUT2D eigenvalue weighted by molar-refractivity contribution is 0.0582. The monoisotopic (exact) mass is 298 g/mol. The normalized spacial score (nSPS) is 18.5. The summed E-state index contributed by atoms with van der Waals surface area (Å²) in [7, 11) is 0. The molecule has 116 valence electrons. The van der Waals surface area contributed by atoms with Crippen LogP contribution in [0.5, 0.6) is 0 Å². The number of piperidine rings is 1.